The molecule has 0 bridgehead atoms. The van der Waals surface area contributed by atoms with Gasteiger partial charge in [0.05, 0.1) is 26.4 Å². The van der Waals surface area contributed by atoms with Gasteiger partial charge in [-0.15, -0.1) is 0 Å². The molecule has 0 aliphatic heterocycles. The monoisotopic (exact) mass is 1410 g/mol. The third-order valence-corrected chi connectivity index (χ3v) is 20.1. The Morgan fingerprint density at radius 2 is 0.531 bits per heavy atom. The Morgan fingerprint density at radius 1 is 0.302 bits per heavy atom. The molecule has 0 aliphatic rings. The minimum Gasteiger partial charge on any atom is -0.462 e. The number of rotatable bonds is 75. The number of unbranched alkanes of at least 4 members (excludes halogenated alkanes) is 42. The fourth-order valence-electron chi connectivity index (χ4n) is 11.7. The number of carbonyl (C=O) groups excluding carboxylic acids is 4. The van der Waals surface area contributed by atoms with Crippen LogP contribution in [0.1, 0.15) is 395 Å². The summed E-state index contributed by atoms with van der Waals surface area (Å²) in [6, 6.07) is 0. The lowest BCUT2D eigenvalue weighted by atomic mass is 10.00. The number of hydrogen-bond donors (Lipinski definition) is 3. The normalized spacial score (nSPS) is 14.3. The summed E-state index contributed by atoms with van der Waals surface area (Å²) >= 11 is 0. The lowest BCUT2D eigenvalue weighted by Gasteiger charge is -2.21. The number of aliphatic hydroxyl groups excluding tert-OH is 1. The van der Waals surface area contributed by atoms with Gasteiger partial charge in [0.25, 0.3) is 0 Å². The van der Waals surface area contributed by atoms with Crippen LogP contribution in [-0.2, 0) is 65.4 Å². The van der Waals surface area contributed by atoms with Crippen molar-refractivity contribution in [1.29, 1.82) is 0 Å². The highest BCUT2D eigenvalue weighted by atomic mass is 31.2. The quantitative estimate of drug-likeness (QED) is 0.0222. The van der Waals surface area contributed by atoms with E-state index in [2.05, 4.69) is 48.5 Å². The molecule has 96 heavy (non-hydrogen) atoms. The summed E-state index contributed by atoms with van der Waals surface area (Å²) in [5, 5.41) is 10.6. The van der Waals surface area contributed by atoms with E-state index in [1.165, 1.54) is 199 Å². The second-order valence-corrected chi connectivity index (χ2v) is 31.8. The minimum atomic E-state index is -4.96. The van der Waals surface area contributed by atoms with Gasteiger partial charge in [0.15, 0.2) is 12.2 Å². The topological polar surface area (TPSA) is 237 Å². The molecule has 0 aromatic heterocycles. The molecule has 0 saturated heterocycles. The van der Waals surface area contributed by atoms with Crippen molar-refractivity contribution in [1.82, 2.24) is 0 Å². The van der Waals surface area contributed by atoms with Crippen LogP contribution in [0.3, 0.4) is 0 Å². The van der Waals surface area contributed by atoms with Gasteiger partial charge < -0.3 is 33.8 Å². The second kappa shape index (κ2) is 67.5. The van der Waals surface area contributed by atoms with Gasteiger partial charge in [-0.05, 0) is 43.4 Å². The van der Waals surface area contributed by atoms with Crippen LogP contribution in [0.4, 0.5) is 0 Å². The molecule has 19 heteroatoms. The van der Waals surface area contributed by atoms with Gasteiger partial charge in [0, 0.05) is 25.7 Å². The van der Waals surface area contributed by atoms with E-state index in [1.807, 2.05) is 0 Å². The first kappa shape index (κ1) is 94.1. The number of phosphoric acid groups is 2. The highest BCUT2D eigenvalue weighted by Crippen LogP contribution is 2.45. The lowest BCUT2D eigenvalue weighted by Crippen LogP contribution is -2.30. The van der Waals surface area contributed by atoms with Crippen molar-refractivity contribution in [3.8, 4) is 0 Å². The molecule has 0 aromatic rings. The van der Waals surface area contributed by atoms with E-state index < -0.39 is 97.5 Å². The first-order valence-corrected chi connectivity index (χ1v) is 42.9. The number of aliphatic hydroxyl groups is 1. The van der Waals surface area contributed by atoms with Crippen molar-refractivity contribution in [3.63, 3.8) is 0 Å². The molecule has 0 aromatic carbocycles. The predicted octanol–water partition coefficient (Wildman–Crippen LogP) is 22.6. The van der Waals surface area contributed by atoms with E-state index in [1.54, 1.807) is 0 Å². The lowest BCUT2D eigenvalue weighted by molar-refractivity contribution is -0.161. The van der Waals surface area contributed by atoms with Gasteiger partial charge in [-0.3, -0.25) is 37.3 Å². The summed E-state index contributed by atoms with van der Waals surface area (Å²) in [5.74, 6) is 0.184. The number of carbonyl (C=O) groups is 4. The molecular weight excluding hydrogens is 1260 g/mol. The molecule has 0 radical (unpaired) electrons. The second-order valence-electron chi connectivity index (χ2n) is 28.9. The van der Waals surface area contributed by atoms with Crippen LogP contribution < -0.4 is 0 Å². The van der Waals surface area contributed by atoms with E-state index in [0.717, 1.165) is 114 Å². The standard InChI is InChI=1S/C77H150O17P2/c1-8-10-11-12-13-14-15-16-17-20-27-32-37-46-53-60-77(82)94-73(65-88-75(80)59-52-45-40-39-43-50-57-70(7)9-2)67-92-96(85,86)90-63-71(78)62-89-95(83,84)91-66-72(64-87-74(79)58-51-44-36-31-26-23-22-25-30-35-42-49-56-69(5)6)93-76(81)61-54-47-38-33-28-21-18-19-24-29-34-41-48-55-68(3)4/h68-73,78H,8-67H2,1-7H3,(H,83,84)(H,85,86)/t70?,71-,72-,73-/m1/s1. The van der Waals surface area contributed by atoms with Crippen LogP contribution in [0.2, 0.25) is 0 Å². The van der Waals surface area contributed by atoms with E-state index >= 15 is 0 Å². The SMILES string of the molecule is CCCCCCCCCCCCCCCCCC(=O)O[C@H](COC(=O)CCCCCCCCC(C)CC)COP(=O)(O)OC[C@H](O)COP(=O)(O)OC[C@@H](COC(=O)CCCCCCCCCCCCCCC(C)C)OC(=O)CCCCCCCCCCCCCCCC(C)C. The van der Waals surface area contributed by atoms with Crippen LogP contribution in [0, 0.1) is 17.8 Å². The molecule has 0 spiro atoms. The van der Waals surface area contributed by atoms with Crippen LogP contribution in [0.15, 0.2) is 0 Å². The maximum Gasteiger partial charge on any atom is 0.472 e. The largest absolute Gasteiger partial charge is 0.472 e. The van der Waals surface area contributed by atoms with Crippen molar-refractivity contribution < 1.29 is 80.2 Å². The summed E-state index contributed by atoms with van der Waals surface area (Å²) in [6.07, 6.45) is 54.0. The Bertz CT molecular complexity index is 1870. The Balaban J connectivity index is 5.26. The molecule has 0 rings (SSSR count). The molecular formula is C77H150O17P2. The average Bonchev–Trinajstić information content (AvgIpc) is 1.12. The van der Waals surface area contributed by atoms with Gasteiger partial charge in [-0.25, -0.2) is 9.13 Å². The van der Waals surface area contributed by atoms with Crippen LogP contribution in [0.25, 0.3) is 0 Å². The maximum atomic E-state index is 13.1. The summed E-state index contributed by atoms with van der Waals surface area (Å²) in [7, 11) is -9.91. The number of phosphoric ester groups is 2. The van der Waals surface area contributed by atoms with Gasteiger partial charge in [-0.2, -0.15) is 0 Å². The maximum absolute atomic E-state index is 13.1. The zero-order valence-corrected chi connectivity index (χ0v) is 64.6. The Morgan fingerprint density at radius 3 is 0.792 bits per heavy atom. The van der Waals surface area contributed by atoms with Gasteiger partial charge in [0.1, 0.15) is 19.3 Å². The van der Waals surface area contributed by atoms with Crippen molar-refractivity contribution in [2.24, 2.45) is 17.8 Å². The molecule has 0 aliphatic carbocycles. The van der Waals surface area contributed by atoms with E-state index in [-0.39, 0.29) is 25.7 Å². The first-order chi connectivity index (χ1) is 46.3. The number of hydrogen-bond acceptors (Lipinski definition) is 15. The third-order valence-electron chi connectivity index (χ3n) is 18.2. The highest BCUT2D eigenvalue weighted by Gasteiger charge is 2.30. The van der Waals surface area contributed by atoms with Crippen LogP contribution in [0.5, 0.6) is 0 Å². The smallest absolute Gasteiger partial charge is 0.462 e. The van der Waals surface area contributed by atoms with Crippen molar-refractivity contribution >= 4 is 39.5 Å². The predicted molar refractivity (Wildman–Crippen MR) is 391 cm³/mol. The molecule has 0 heterocycles. The molecule has 17 nitrogen and oxygen atoms in total. The van der Waals surface area contributed by atoms with Gasteiger partial charge >= 0.3 is 39.5 Å². The third kappa shape index (κ3) is 69.2. The van der Waals surface area contributed by atoms with E-state index in [0.29, 0.717) is 25.7 Å². The zero-order chi connectivity index (χ0) is 70.9. The highest BCUT2D eigenvalue weighted by molar-refractivity contribution is 7.47. The first-order valence-electron chi connectivity index (χ1n) is 39.9. The van der Waals surface area contributed by atoms with Crippen LogP contribution in [-0.4, -0.2) is 96.7 Å². The van der Waals surface area contributed by atoms with Crippen molar-refractivity contribution in [2.45, 2.75) is 414 Å². The molecule has 0 amide bonds. The Kier molecular flexibility index (Phi) is 66.2. The van der Waals surface area contributed by atoms with Crippen molar-refractivity contribution in [2.75, 3.05) is 39.6 Å². The molecule has 3 N–H and O–H groups in total. The summed E-state index contributed by atoms with van der Waals surface area (Å²) in [4.78, 5) is 72.9. The molecule has 0 saturated carbocycles. The summed E-state index contributed by atoms with van der Waals surface area (Å²) in [5.41, 5.74) is 0. The number of esters is 4. The minimum absolute atomic E-state index is 0.107. The Labute approximate surface area is 588 Å². The van der Waals surface area contributed by atoms with E-state index in [4.69, 9.17) is 37.0 Å². The molecule has 0 fully saturated rings. The fraction of sp³-hybridized carbons (Fsp3) is 0.948. The number of ether oxygens (including phenoxy) is 4. The Hall–Kier alpha value is -1.94. The van der Waals surface area contributed by atoms with Gasteiger partial charge in [0.2, 0.25) is 0 Å². The van der Waals surface area contributed by atoms with E-state index in [9.17, 15) is 43.2 Å². The van der Waals surface area contributed by atoms with Crippen molar-refractivity contribution in [3.05, 3.63) is 0 Å². The fourth-order valence-corrected chi connectivity index (χ4v) is 13.3. The summed E-state index contributed by atoms with van der Waals surface area (Å²) in [6.45, 7) is 11.9. The van der Waals surface area contributed by atoms with Gasteiger partial charge in [-0.1, -0.05) is 344 Å². The van der Waals surface area contributed by atoms with Crippen LogP contribution >= 0.6 is 15.6 Å². The molecule has 3 unspecified atom stereocenters. The zero-order valence-electron chi connectivity index (χ0n) is 62.8. The molecule has 570 valence electrons. The summed E-state index contributed by atoms with van der Waals surface area (Å²) < 4.78 is 68.6. The molecule has 6 atom stereocenters. The average molecular weight is 1410 g/mol.